The van der Waals surface area contributed by atoms with Gasteiger partial charge in [0.25, 0.3) is 0 Å². The molecular formula is C16H26N2O2. The van der Waals surface area contributed by atoms with Crippen molar-refractivity contribution in [2.75, 3.05) is 39.9 Å². The van der Waals surface area contributed by atoms with Crippen LogP contribution in [0, 0.1) is 0 Å². The lowest BCUT2D eigenvalue weighted by atomic mass is 9.96. The Bertz CT molecular complexity index is 407. The maximum Gasteiger partial charge on any atom is 0.119 e. The fourth-order valence-electron chi connectivity index (χ4n) is 2.54. The summed E-state index contributed by atoms with van der Waals surface area (Å²) in [6.07, 6.45) is 1.16. The van der Waals surface area contributed by atoms with Gasteiger partial charge in [0.15, 0.2) is 0 Å². The second-order valence-electron chi connectivity index (χ2n) is 5.64. The number of nitrogens with one attached hydrogen (secondary N) is 1. The van der Waals surface area contributed by atoms with Crippen LogP contribution < -0.4 is 14.8 Å². The zero-order valence-corrected chi connectivity index (χ0v) is 12.8. The van der Waals surface area contributed by atoms with Crippen molar-refractivity contribution in [2.24, 2.45) is 0 Å². The fraction of sp³-hybridized carbons (Fsp3) is 0.625. The van der Waals surface area contributed by atoms with E-state index in [-0.39, 0.29) is 5.54 Å². The second kappa shape index (κ2) is 6.95. The van der Waals surface area contributed by atoms with Crippen molar-refractivity contribution in [3.8, 4) is 11.5 Å². The second-order valence-corrected chi connectivity index (χ2v) is 5.64. The van der Waals surface area contributed by atoms with Crippen LogP contribution >= 0.6 is 0 Å². The molecule has 1 fully saturated rings. The van der Waals surface area contributed by atoms with E-state index in [1.165, 1.54) is 0 Å². The topological polar surface area (TPSA) is 33.7 Å². The molecule has 0 amide bonds. The van der Waals surface area contributed by atoms with Crippen LogP contribution in [0.4, 0.5) is 0 Å². The minimum absolute atomic E-state index is 0.248. The smallest absolute Gasteiger partial charge is 0.119 e. The maximum absolute atomic E-state index is 5.79. The minimum Gasteiger partial charge on any atom is -0.497 e. The molecule has 0 saturated carbocycles. The normalized spacial score (nSPS) is 23.6. The summed E-state index contributed by atoms with van der Waals surface area (Å²) in [7, 11) is 1.67. The van der Waals surface area contributed by atoms with Gasteiger partial charge >= 0.3 is 0 Å². The van der Waals surface area contributed by atoms with Crippen LogP contribution in [0.1, 0.15) is 20.3 Å². The van der Waals surface area contributed by atoms with Crippen molar-refractivity contribution in [1.29, 1.82) is 0 Å². The van der Waals surface area contributed by atoms with E-state index in [1.54, 1.807) is 7.11 Å². The summed E-state index contributed by atoms with van der Waals surface area (Å²) in [5.74, 6) is 1.76. The first kappa shape index (κ1) is 15.1. The highest BCUT2D eigenvalue weighted by Gasteiger charge is 2.28. The Morgan fingerprint density at radius 1 is 1.25 bits per heavy atom. The number of piperazine rings is 1. The predicted molar refractivity (Wildman–Crippen MR) is 81.6 cm³/mol. The quantitative estimate of drug-likeness (QED) is 0.864. The lowest BCUT2D eigenvalue weighted by Gasteiger charge is -2.41. The van der Waals surface area contributed by atoms with E-state index in [9.17, 15) is 0 Å². The molecule has 1 aliphatic rings. The van der Waals surface area contributed by atoms with Crippen molar-refractivity contribution < 1.29 is 9.47 Å². The number of methoxy groups -OCH3 is 1. The Morgan fingerprint density at radius 3 is 2.60 bits per heavy atom. The van der Waals surface area contributed by atoms with Gasteiger partial charge in [-0.15, -0.1) is 0 Å². The Kier molecular flexibility index (Phi) is 5.26. The van der Waals surface area contributed by atoms with E-state index < -0.39 is 0 Å². The zero-order valence-electron chi connectivity index (χ0n) is 12.8. The van der Waals surface area contributed by atoms with Crippen LogP contribution in [0.3, 0.4) is 0 Å². The van der Waals surface area contributed by atoms with Gasteiger partial charge in [0, 0.05) is 31.7 Å². The van der Waals surface area contributed by atoms with E-state index in [4.69, 9.17) is 9.47 Å². The summed E-state index contributed by atoms with van der Waals surface area (Å²) < 4.78 is 10.9. The highest BCUT2D eigenvalue weighted by atomic mass is 16.5. The zero-order chi connectivity index (χ0) is 14.4. The molecule has 1 saturated heterocycles. The van der Waals surface area contributed by atoms with Crippen LogP contribution in [0.5, 0.6) is 11.5 Å². The monoisotopic (exact) mass is 278 g/mol. The molecule has 1 aromatic carbocycles. The van der Waals surface area contributed by atoms with E-state index in [0.29, 0.717) is 0 Å². The maximum atomic E-state index is 5.79. The molecule has 4 heteroatoms. The summed E-state index contributed by atoms with van der Waals surface area (Å²) >= 11 is 0. The van der Waals surface area contributed by atoms with Crippen molar-refractivity contribution in [3.05, 3.63) is 24.3 Å². The molecule has 0 radical (unpaired) electrons. The summed E-state index contributed by atoms with van der Waals surface area (Å²) in [5.41, 5.74) is 0.248. The highest BCUT2D eigenvalue weighted by molar-refractivity contribution is 5.31. The van der Waals surface area contributed by atoms with Gasteiger partial charge in [-0.3, -0.25) is 4.90 Å². The van der Waals surface area contributed by atoms with Gasteiger partial charge in [0.2, 0.25) is 0 Å². The van der Waals surface area contributed by atoms with E-state index in [1.807, 2.05) is 24.3 Å². The third-order valence-electron chi connectivity index (χ3n) is 4.07. The number of benzene rings is 1. The van der Waals surface area contributed by atoms with Crippen molar-refractivity contribution in [1.82, 2.24) is 10.2 Å². The molecule has 0 bridgehead atoms. The molecule has 0 spiro atoms. The molecule has 20 heavy (non-hydrogen) atoms. The Hall–Kier alpha value is -1.26. The average Bonchev–Trinajstić information content (AvgIpc) is 2.48. The standard InChI is InChI=1S/C16H26N2O2/c1-4-16(2)13-18(10-9-17-16)11-12-20-15-7-5-14(19-3)6-8-15/h5-8,17H,4,9-13H2,1-3H3. The first-order chi connectivity index (χ1) is 9.65. The van der Waals surface area contributed by atoms with Crippen LogP contribution in [0.2, 0.25) is 0 Å². The van der Waals surface area contributed by atoms with Gasteiger partial charge in [0.1, 0.15) is 18.1 Å². The van der Waals surface area contributed by atoms with Gasteiger partial charge in [0.05, 0.1) is 7.11 Å². The number of hydrogen-bond acceptors (Lipinski definition) is 4. The van der Waals surface area contributed by atoms with Gasteiger partial charge in [-0.2, -0.15) is 0 Å². The van der Waals surface area contributed by atoms with Crippen molar-refractivity contribution in [3.63, 3.8) is 0 Å². The first-order valence-electron chi connectivity index (χ1n) is 7.39. The fourth-order valence-corrected chi connectivity index (χ4v) is 2.54. The van der Waals surface area contributed by atoms with Gasteiger partial charge in [-0.25, -0.2) is 0 Å². The van der Waals surface area contributed by atoms with Gasteiger partial charge in [-0.1, -0.05) is 6.92 Å². The Morgan fingerprint density at radius 2 is 1.95 bits per heavy atom. The molecule has 1 aromatic rings. The molecule has 2 rings (SSSR count). The molecule has 0 aliphatic carbocycles. The Balaban J connectivity index is 1.75. The predicted octanol–water partition coefficient (Wildman–Crippen LogP) is 2.15. The molecule has 1 atom stereocenters. The molecular weight excluding hydrogens is 252 g/mol. The lowest BCUT2D eigenvalue weighted by Crippen LogP contribution is -2.58. The number of nitrogens with zero attached hydrogens (tertiary/aromatic N) is 1. The van der Waals surface area contributed by atoms with E-state index in [2.05, 4.69) is 24.1 Å². The first-order valence-corrected chi connectivity index (χ1v) is 7.39. The molecule has 112 valence electrons. The molecule has 1 aliphatic heterocycles. The summed E-state index contributed by atoms with van der Waals surface area (Å²) in [4.78, 5) is 2.48. The summed E-state index contributed by atoms with van der Waals surface area (Å²) in [6, 6.07) is 7.75. The molecule has 0 aromatic heterocycles. The summed E-state index contributed by atoms with van der Waals surface area (Å²) in [5, 5.41) is 3.60. The average molecular weight is 278 g/mol. The van der Waals surface area contributed by atoms with Crippen LogP contribution in [-0.4, -0.2) is 50.3 Å². The number of hydrogen-bond donors (Lipinski definition) is 1. The number of ether oxygens (including phenoxy) is 2. The van der Waals surface area contributed by atoms with Crippen molar-refractivity contribution in [2.45, 2.75) is 25.8 Å². The molecule has 1 heterocycles. The largest absolute Gasteiger partial charge is 0.497 e. The minimum atomic E-state index is 0.248. The third-order valence-corrected chi connectivity index (χ3v) is 4.07. The highest BCUT2D eigenvalue weighted by Crippen LogP contribution is 2.18. The van der Waals surface area contributed by atoms with E-state index in [0.717, 1.165) is 50.7 Å². The van der Waals surface area contributed by atoms with Crippen LogP contribution in [-0.2, 0) is 0 Å². The van der Waals surface area contributed by atoms with Gasteiger partial charge in [-0.05, 0) is 37.6 Å². The molecule has 4 nitrogen and oxygen atoms in total. The lowest BCUT2D eigenvalue weighted by molar-refractivity contribution is 0.121. The van der Waals surface area contributed by atoms with Crippen LogP contribution in [0.15, 0.2) is 24.3 Å². The third kappa shape index (κ3) is 4.12. The van der Waals surface area contributed by atoms with Crippen molar-refractivity contribution >= 4 is 0 Å². The Labute approximate surface area is 122 Å². The molecule has 1 N–H and O–H groups in total. The van der Waals surface area contributed by atoms with E-state index >= 15 is 0 Å². The van der Waals surface area contributed by atoms with Crippen LogP contribution in [0.25, 0.3) is 0 Å². The van der Waals surface area contributed by atoms with Gasteiger partial charge < -0.3 is 14.8 Å². The summed E-state index contributed by atoms with van der Waals surface area (Å²) in [6.45, 7) is 9.49. The molecule has 1 unspecified atom stereocenters. The number of rotatable bonds is 6. The SMILES string of the molecule is CCC1(C)CN(CCOc2ccc(OC)cc2)CCN1.